The van der Waals surface area contributed by atoms with E-state index in [1.54, 1.807) is 4.90 Å². The molecule has 0 atom stereocenters. The first kappa shape index (κ1) is 20.3. The Labute approximate surface area is 172 Å². The van der Waals surface area contributed by atoms with E-state index in [4.69, 9.17) is 0 Å². The fraction of sp³-hybridized carbons (Fsp3) is 0.200. The summed E-state index contributed by atoms with van der Waals surface area (Å²) in [5.41, 5.74) is 3.73. The van der Waals surface area contributed by atoms with Crippen LogP contribution >= 0.6 is 0 Å². The molecule has 3 rings (SSSR count). The molecule has 0 fully saturated rings. The topological polar surface area (TPSA) is 49.4 Å². The van der Waals surface area contributed by atoms with Gasteiger partial charge in [0.1, 0.15) is 0 Å². The lowest BCUT2D eigenvalue weighted by atomic mass is 9.90. The maximum absolute atomic E-state index is 13.1. The normalized spacial score (nSPS) is 10.6. The molecule has 3 aromatic carbocycles. The van der Waals surface area contributed by atoms with E-state index in [0.29, 0.717) is 6.54 Å². The van der Waals surface area contributed by atoms with Gasteiger partial charge in [0.05, 0.1) is 12.5 Å². The Morgan fingerprint density at radius 2 is 1.45 bits per heavy atom. The van der Waals surface area contributed by atoms with Crippen LogP contribution < -0.4 is 10.2 Å². The number of carbonyl (C=O) groups is 2. The van der Waals surface area contributed by atoms with Gasteiger partial charge in [-0.2, -0.15) is 0 Å². The van der Waals surface area contributed by atoms with E-state index in [-0.39, 0.29) is 18.4 Å². The summed E-state index contributed by atoms with van der Waals surface area (Å²) >= 11 is 0. The number of amides is 2. The predicted octanol–water partition coefficient (Wildman–Crippen LogP) is 4.30. The van der Waals surface area contributed by atoms with E-state index < -0.39 is 5.92 Å². The standard InChI is InChI=1S/C25H26N2O2/c1-3-27(22-16-10-11-19(2)17-22)23(28)18-26-25(29)24(20-12-6-4-7-13-20)21-14-8-5-9-15-21/h4-17,24H,3,18H2,1-2H3,(H,26,29). The van der Waals surface area contributed by atoms with Crippen LogP contribution in [0, 0.1) is 6.92 Å². The van der Waals surface area contributed by atoms with Crippen molar-refractivity contribution in [1.29, 1.82) is 0 Å². The Hall–Kier alpha value is -3.40. The molecule has 29 heavy (non-hydrogen) atoms. The fourth-order valence-electron chi connectivity index (χ4n) is 3.45. The van der Waals surface area contributed by atoms with Gasteiger partial charge in [-0.15, -0.1) is 0 Å². The lowest BCUT2D eigenvalue weighted by Gasteiger charge is -2.23. The van der Waals surface area contributed by atoms with Crippen molar-refractivity contribution in [1.82, 2.24) is 5.32 Å². The first-order chi connectivity index (χ1) is 14.1. The SMILES string of the molecule is CCN(C(=O)CNC(=O)C(c1ccccc1)c1ccccc1)c1cccc(C)c1. The Morgan fingerprint density at radius 1 is 0.862 bits per heavy atom. The third-order valence-corrected chi connectivity index (χ3v) is 4.87. The number of aryl methyl sites for hydroxylation is 1. The Kier molecular flexibility index (Phi) is 6.80. The molecule has 0 unspecified atom stereocenters. The molecule has 1 N–H and O–H groups in total. The molecule has 4 heteroatoms. The zero-order chi connectivity index (χ0) is 20.6. The molecule has 3 aromatic rings. The van der Waals surface area contributed by atoms with Gasteiger partial charge in [-0.05, 0) is 42.7 Å². The summed E-state index contributed by atoms with van der Waals surface area (Å²) in [5.74, 6) is -0.776. The Balaban J connectivity index is 1.75. The zero-order valence-electron chi connectivity index (χ0n) is 16.8. The van der Waals surface area contributed by atoms with Crippen LogP contribution in [0.5, 0.6) is 0 Å². The van der Waals surface area contributed by atoms with Gasteiger partial charge in [-0.3, -0.25) is 9.59 Å². The van der Waals surface area contributed by atoms with Crippen LogP contribution in [0.1, 0.15) is 29.5 Å². The minimum atomic E-state index is -0.459. The number of benzene rings is 3. The molecule has 2 amide bonds. The zero-order valence-corrected chi connectivity index (χ0v) is 16.8. The van der Waals surface area contributed by atoms with Gasteiger partial charge in [-0.25, -0.2) is 0 Å². The average molecular weight is 386 g/mol. The molecule has 0 aromatic heterocycles. The molecular weight excluding hydrogens is 360 g/mol. The summed E-state index contributed by atoms with van der Waals surface area (Å²) in [6.07, 6.45) is 0. The Bertz CT molecular complexity index is 915. The van der Waals surface area contributed by atoms with Crippen molar-refractivity contribution in [2.24, 2.45) is 0 Å². The first-order valence-electron chi connectivity index (χ1n) is 9.84. The minimum Gasteiger partial charge on any atom is -0.346 e. The van der Waals surface area contributed by atoms with Gasteiger partial charge >= 0.3 is 0 Å². The van der Waals surface area contributed by atoms with Crippen LogP contribution in [0.25, 0.3) is 0 Å². The number of nitrogens with one attached hydrogen (secondary N) is 1. The highest BCUT2D eigenvalue weighted by Gasteiger charge is 2.24. The summed E-state index contributed by atoms with van der Waals surface area (Å²) in [4.78, 5) is 27.6. The molecule has 0 aliphatic rings. The van der Waals surface area contributed by atoms with Gasteiger partial charge in [-0.1, -0.05) is 72.8 Å². The number of anilines is 1. The molecule has 0 spiro atoms. The summed E-state index contributed by atoms with van der Waals surface area (Å²) < 4.78 is 0. The molecule has 0 heterocycles. The highest BCUT2D eigenvalue weighted by atomic mass is 16.2. The lowest BCUT2D eigenvalue weighted by Crippen LogP contribution is -2.41. The molecule has 148 valence electrons. The second kappa shape index (κ2) is 9.69. The molecule has 4 nitrogen and oxygen atoms in total. The maximum Gasteiger partial charge on any atom is 0.246 e. The van der Waals surface area contributed by atoms with E-state index in [9.17, 15) is 9.59 Å². The van der Waals surface area contributed by atoms with Crippen molar-refractivity contribution in [2.75, 3.05) is 18.0 Å². The number of carbonyl (C=O) groups excluding carboxylic acids is 2. The van der Waals surface area contributed by atoms with Crippen molar-refractivity contribution in [2.45, 2.75) is 19.8 Å². The maximum atomic E-state index is 13.1. The van der Waals surface area contributed by atoms with E-state index in [1.165, 1.54) is 0 Å². The van der Waals surface area contributed by atoms with Crippen molar-refractivity contribution in [3.8, 4) is 0 Å². The molecule has 0 radical (unpaired) electrons. The van der Waals surface area contributed by atoms with Crippen LogP contribution in [0.2, 0.25) is 0 Å². The summed E-state index contributed by atoms with van der Waals surface area (Å²) in [7, 11) is 0. The Morgan fingerprint density at radius 3 is 1.97 bits per heavy atom. The van der Waals surface area contributed by atoms with Gasteiger partial charge in [0.25, 0.3) is 0 Å². The number of hydrogen-bond acceptors (Lipinski definition) is 2. The minimum absolute atomic E-state index is 0.0449. The van der Waals surface area contributed by atoms with Crippen LogP contribution in [0.4, 0.5) is 5.69 Å². The number of nitrogens with zero attached hydrogens (tertiary/aromatic N) is 1. The van der Waals surface area contributed by atoms with Crippen molar-refractivity contribution in [3.05, 3.63) is 102 Å². The fourth-order valence-corrected chi connectivity index (χ4v) is 3.45. The number of rotatable bonds is 7. The second-order valence-corrected chi connectivity index (χ2v) is 6.95. The number of hydrogen-bond donors (Lipinski definition) is 1. The molecular formula is C25H26N2O2. The predicted molar refractivity (Wildman–Crippen MR) is 117 cm³/mol. The first-order valence-corrected chi connectivity index (χ1v) is 9.84. The van der Waals surface area contributed by atoms with Crippen LogP contribution in [-0.4, -0.2) is 24.9 Å². The van der Waals surface area contributed by atoms with Gasteiger partial charge in [0.2, 0.25) is 11.8 Å². The molecule has 0 aliphatic heterocycles. The third-order valence-electron chi connectivity index (χ3n) is 4.87. The average Bonchev–Trinajstić information content (AvgIpc) is 2.75. The van der Waals surface area contributed by atoms with E-state index in [0.717, 1.165) is 22.4 Å². The third kappa shape index (κ3) is 5.11. The van der Waals surface area contributed by atoms with Crippen molar-refractivity contribution < 1.29 is 9.59 Å². The molecule has 0 bridgehead atoms. The summed E-state index contributed by atoms with van der Waals surface area (Å²) in [6.45, 7) is 4.42. The highest BCUT2D eigenvalue weighted by Crippen LogP contribution is 2.24. The quantitative estimate of drug-likeness (QED) is 0.658. The highest BCUT2D eigenvalue weighted by molar-refractivity contribution is 5.98. The number of likely N-dealkylation sites (N-methyl/N-ethyl adjacent to an activating group) is 1. The van der Waals surface area contributed by atoms with Crippen LogP contribution in [0.15, 0.2) is 84.9 Å². The smallest absolute Gasteiger partial charge is 0.246 e. The lowest BCUT2D eigenvalue weighted by molar-refractivity contribution is -0.125. The van der Waals surface area contributed by atoms with Crippen molar-refractivity contribution >= 4 is 17.5 Å². The molecule has 0 saturated carbocycles. The van der Waals surface area contributed by atoms with Crippen LogP contribution in [-0.2, 0) is 9.59 Å². The summed E-state index contributed by atoms with van der Waals surface area (Å²) in [6, 6.07) is 27.1. The molecule has 0 aliphatic carbocycles. The monoisotopic (exact) mass is 386 g/mol. The van der Waals surface area contributed by atoms with Crippen molar-refractivity contribution in [3.63, 3.8) is 0 Å². The van der Waals surface area contributed by atoms with E-state index in [2.05, 4.69) is 5.32 Å². The van der Waals surface area contributed by atoms with Gasteiger partial charge in [0, 0.05) is 12.2 Å². The second-order valence-electron chi connectivity index (χ2n) is 6.95. The van der Waals surface area contributed by atoms with Crippen LogP contribution in [0.3, 0.4) is 0 Å². The largest absolute Gasteiger partial charge is 0.346 e. The molecule has 0 saturated heterocycles. The van der Waals surface area contributed by atoms with Gasteiger partial charge < -0.3 is 10.2 Å². The van der Waals surface area contributed by atoms with Gasteiger partial charge in [0.15, 0.2) is 0 Å². The summed E-state index contributed by atoms with van der Waals surface area (Å²) in [5, 5.41) is 2.85. The van der Waals surface area contributed by atoms with E-state index in [1.807, 2.05) is 98.8 Å². The van der Waals surface area contributed by atoms with E-state index >= 15 is 0 Å².